The zero-order chi connectivity index (χ0) is 12.1. The van der Waals surface area contributed by atoms with Gasteiger partial charge in [-0.15, -0.1) is 0 Å². The molecule has 0 saturated carbocycles. The first-order chi connectivity index (χ1) is 7.36. The SMILES string of the molecule is CC.CC.CNCc1ccc(C=O)cc1. The van der Waals surface area contributed by atoms with Crippen LogP contribution in [0.3, 0.4) is 0 Å². The lowest BCUT2D eigenvalue weighted by Gasteiger charge is -1.98. The van der Waals surface area contributed by atoms with Crippen molar-refractivity contribution in [1.29, 1.82) is 0 Å². The number of benzene rings is 1. The molecule has 0 spiro atoms. The first kappa shape index (κ1) is 16.3. The van der Waals surface area contributed by atoms with Crippen LogP contribution in [0.1, 0.15) is 43.6 Å². The summed E-state index contributed by atoms with van der Waals surface area (Å²) in [5.41, 5.74) is 1.92. The number of hydrogen-bond donors (Lipinski definition) is 1. The second kappa shape index (κ2) is 12.8. The Morgan fingerprint density at radius 3 is 1.87 bits per heavy atom. The van der Waals surface area contributed by atoms with Gasteiger partial charge in [-0.1, -0.05) is 52.0 Å². The van der Waals surface area contributed by atoms with Crippen LogP contribution in [0.5, 0.6) is 0 Å². The average molecular weight is 209 g/mol. The van der Waals surface area contributed by atoms with Crippen molar-refractivity contribution in [1.82, 2.24) is 5.32 Å². The summed E-state index contributed by atoms with van der Waals surface area (Å²) >= 11 is 0. The Bertz CT molecular complexity index is 229. The fourth-order valence-electron chi connectivity index (χ4n) is 0.918. The molecule has 1 aromatic carbocycles. The van der Waals surface area contributed by atoms with Crippen molar-refractivity contribution >= 4 is 6.29 Å². The third-order valence-corrected chi connectivity index (χ3v) is 1.50. The number of hydrogen-bond acceptors (Lipinski definition) is 2. The van der Waals surface area contributed by atoms with Gasteiger partial charge in [-0.05, 0) is 12.6 Å². The maximum Gasteiger partial charge on any atom is 0.150 e. The molecule has 1 aromatic rings. The number of aldehydes is 1. The van der Waals surface area contributed by atoms with Crippen LogP contribution in [0.25, 0.3) is 0 Å². The van der Waals surface area contributed by atoms with Crippen molar-refractivity contribution in [3.8, 4) is 0 Å². The van der Waals surface area contributed by atoms with E-state index in [4.69, 9.17) is 0 Å². The van der Waals surface area contributed by atoms with Gasteiger partial charge in [0.25, 0.3) is 0 Å². The van der Waals surface area contributed by atoms with Crippen LogP contribution in [-0.4, -0.2) is 13.3 Å². The molecule has 0 unspecified atom stereocenters. The predicted molar refractivity (Wildman–Crippen MR) is 67.3 cm³/mol. The molecule has 1 N–H and O–H groups in total. The van der Waals surface area contributed by atoms with Crippen LogP contribution >= 0.6 is 0 Å². The lowest BCUT2D eigenvalue weighted by Crippen LogP contribution is -2.04. The first-order valence-electron chi connectivity index (χ1n) is 5.55. The minimum Gasteiger partial charge on any atom is -0.316 e. The van der Waals surface area contributed by atoms with E-state index in [2.05, 4.69) is 5.32 Å². The van der Waals surface area contributed by atoms with E-state index in [9.17, 15) is 4.79 Å². The molecule has 0 saturated heterocycles. The smallest absolute Gasteiger partial charge is 0.150 e. The maximum absolute atomic E-state index is 10.3. The molecule has 1 rings (SSSR count). The normalized spacial score (nSPS) is 7.80. The summed E-state index contributed by atoms with van der Waals surface area (Å²) in [6, 6.07) is 7.53. The maximum atomic E-state index is 10.3. The highest BCUT2D eigenvalue weighted by molar-refractivity contribution is 5.74. The van der Waals surface area contributed by atoms with Crippen LogP contribution in [0.4, 0.5) is 0 Å². The minimum absolute atomic E-state index is 0.727. The molecule has 0 radical (unpaired) electrons. The first-order valence-corrected chi connectivity index (χ1v) is 5.55. The van der Waals surface area contributed by atoms with Gasteiger partial charge in [0.2, 0.25) is 0 Å². The summed E-state index contributed by atoms with van der Waals surface area (Å²) in [5.74, 6) is 0. The highest BCUT2D eigenvalue weighted by atomic mass is 16.1. The third-order valence-electron chi connectivity index (χ3n) is 1.50. The Hall–Kier alpha value is -1.15. The molecule has 0 aromatic heterocycles. The Morgan fingerprint density at radius 2 is 1.53 bits per heavy atom. The van der Waals surface area contributed by atoms with Crippen LogP contribution in [0, 0.1) is 0 Å². The molecule has 0 heterocycles. The van der Waals surface area contributed by atoms with E-state index in [1.165, 1.54) is 5.56 Å². The lowest BCUT2D eigenvalue weighted by atomic mass is 10.1. The highest BCUT2D eigenvalue weighted by Gasteiger charge is 1.90. The third kappa shape index (κ3) is 7.89. The van der Waals surface area contributed by atoms with Crippen molar-refractivity contribution < 1.29 is 4.79 Å². The van der Waals surface area contributed by atoms with E-state index in [-0.39, 0.29) is 0 Å². The molecule has 0 aliphatic carbocycles. The van der Waals surface area contributed by atoms with Gasteiger partial charge in [-0.3, -0.25) is 4.79 Å². The second-order valence-electron chi connectivity index (χ2n) is 2.39. The summed E-state index contributed by atoms with van der Waals surface area (Å²) in [5, 5.41) is 3.03. The quantitative estimate of drug-likeness (QED) is 0.774. The molecule has 15 heavy (non-hydrogen) atoms. The van der Waals surface area contributed by atoms with E-state index < -0.39 is 0 Å². The summed E-state index contributed by atoms with van der Waals surface area (Å²) in [4.78, 5) is 10.3. The second-order valence-corrected chi connectivity index (χ2v) is 2.39. The molecule has 0 bridgehead atoms. The topological polar surface area (TPSA) is 29.1 Å². The lowest BCUT2D eigenvalue weighted by molar-refractivity contribution is 0.112. The highest BCUT2D eigenvalue weighted by Crippen LogP contribution is 2.01. The van der Waals surface area contributed by atoms with Crippen molar-refractivity contribution in [2.24, 2.45) is 0 Å². The molecule has 86 valence electrons. The monoisotopic (exact) mass is 209 g/mol. The van der Waals surface area contributed by atoms with Crippen molar-refractivity contribution in [3.63, 3.8) is 0 Å². The zero-order valence-electron chi connectivity index (χ0n) is 10.5. The Balaban J connectivity index is 0. The molecule has 0 atom stereocenters. The van der Waals surface area contributed by atoms with Crippen LogP contribution < -0.4 is 5.32 Å². The standard InChI is InChI=1S/C9H11NO.2C2H6/c1-10-6-8-2-4-9(7-11)5-3-8;2*1-2/h2-5,7,10H,6H2,1H3;2*1-2H3. The molecular weight excluding hydrogens is 186 g/mol. The van der Waals surface area contributed by atoms with Gasteiger partial charge in [0.05, 0.1) is 0 Å². The fraction of sp³-hybridized carbons (Fsp3) is 0.462. The molecule has 2 nitrogen and oxygen atoms in total. The van der Waals surface area contributed by atoms with Gasteiger partial charge >= 0.3 is 0 Å². The minimum atomic E-state index is 0.727. The van der Waals surface area contributed by atoms with Gasteiger partial charge < -0.3 is 5.32 Å². The van der Waals surface area contributed by atoms with Gasteiger partial charge in [-0.25, -0.2) is 0 Å². The van der Waals surface area contributed by atoms with Gasteiger partial charge in [-0.2, -0.15) is 0 Å². The summed E-state index contributed by atoms with van der Waals surface area (Å²) in [6.45, 7) is 8.85. The fourth-order valence-corrected chi connectivity index (χ4v) is 0.918. The molecule has 2 heteroatoms. The van der Waals surface area contributed by atoms with Gasteiger partial charge in [0.1, 0.15) is 6.29 Å². The van der Waals surface area contributed by atoms with E-state index >= 15 is 0 Å². The summed E-state index contributed by atoms with van der Waals surface area (Å²) in [6.07, 6.45) is 0.850. The molecule has 0 amide bonds. The van der Waals surface area contributed by atoms with Gasteiger partial charge in [0, 0.05) is 12.1 Å². The molecule has 0 fully saturated rings. The zero-order valence-corrected chi connectivity index (χ0v) is 10.5. The summed E-state index contributed by atoms with van der Waals surface area (Å²) < 4.78 is 0. The van der Waals surface area contributed by atoms with Gasteiger partial charge in [0.15, 0.2) is 0 Å². The Morgan fingerprint density at radius 1 is 1.07 bits per heavy atom. The van der Waals surface area contributed by atoms with Crippen LogP contribution in [0.15, 0.2) is 24.3 Å². The number of rotatable bonds is 3. The van der Waals surface area contributed by atoms with Crippen LogP contribution in [-0.2, 0) is 6.54 Å². The van der Waals surface area contributed by atoms with E-state index in [0.29, 0.717) is 0 Å². The Labute approximate surface area is 93.7 Å². The molecule has 0 aliphatic heterocycles. The largest absolute Gasteiger partial charge is 0.316 e. The van der Waals surface area contributed by atoms with Crippen molar-refractivity contribution in [3.05, 3.63) is 35.4 Å². The average Bonchev–Trinajstić information content (AvgIpc) is 2.36. The van der Waals surface area contributed by atoms with E-state index in [0.717, 1.165) is 18.4 Å². The van der Waals surface area contributed by atoms with Crippen molar-refractivity contribution in [2.45, 2.75) is 34.2 Å². The summed E-state index contributed by atoms with van der Waals surface area (Å²) in [7, 11) is 1.90. The number of nitrogens with one attached hydrogen (secondary N) is 1. The Kier molecular flexibility index (Phi) is 14.0. The number of carbonyl (C=O) groups excluding carboxylic acids is 1. The number of carbonyl (C=O) groups is 1. The molecule has 0 aliphatic rings. The van der Waals surface area contributed by atoms with E-state index in [1.54, 1.807) is 0 Å². The van der Waals surface area contributed by atoms with E-state index in [1.807, 2.05) is 59.0 Å². The molecular formula is C13H23NO. The predicted octanol–water partition coefficient (Wildman–Crippen LogP) is 3.27. The van der Waals surface area contributed by atoms with Crippen molar-refractivity contribution in [2.75, 3.05) is 7.05 Å². The van der Waals surface area contributed by atoms with Crippen LogP contribution in [0.2, 0.25) is 0 Å².